The first-order valence-corrected chi connectivity index (χ1v) is 9.96. The Morgan fingerprint density at radius 2 is 1.91 bits per heavy atom. The molecule has 0 radical (unpaired) electrons. The Hall–Kier alpha value is -4.51. The summed E-state index contributed by atoms with van der Waals surface area (Å²) in [6.07, 6.45) is 1.27. The number of nitrogens with zero attached hydrogens (tertiary/aromatic N) is 4. The van der Waals surface area contributed by atoms with Crippen LogP contribution in [0.1, 0.15) is 22.4 Å². The standard InChI is InChI=1S/C24H21N7O/c1-14-6-3-4-9-19(14)31-17(10-16-8-5-7-15(2)20(16)24(31)32)12-28-23-21(18(26)11-25)22(27)29-13-30-23/h3-10,13,26H,12H2,1-2H3,(H3,27,28,29,30). The van der Waals surface area contributed by atoms with Crippen molar-refractivity contribution in [3.63, 3.8) is 0 Å². The molecule has 8 nitrogen and oxygen atoms in total. The molecule has 0 fully saturated rings. The molecular formula is C24H21N7O. The summed E-state index contributed by atoms with van der Waals surface area (Å²) >= 11 is 0. The largest absolute Gasteiger partial charge is 0.383 e. The Labute approximate surface area is 184 Å². The van der Waals surface area contributed by atoms with Crippen molar-refractivity contribution >= 4 is 28.1 Å². The molecular weight excluding hydrogens is 402 g/mol. The number of nitrogens with one attached hydrogen (secondary N) is 2. The van der Waals surface area contributed by atoms with Gasteiger partial charge >= 0.3 is 0 Å². The first-order chi connectivity index (χ1) is 15.4. The van der Waals surface area contributed by atoms with E-state index in [9.17, 15) is 4.79 Å². The maximum atomic E-state index is 13.6. The highest BCUT2D eigenvalue weighted by Crippen LogP contribution is 2.23. The third-order valence-electron chi connectivity index (χ3n) is 5.36. The van der Waals surface area contributed by atoms with Crippen molar-refractivity contribution in [2.45, 2.75) is 20.4 Å². The minimum absolute atomic E-state index is 0.0412. The minimum atomic E-state index is -0.337. The van der Waals surface area contributed by atoms with Crippen molar-refractivity contribution in [1.29, 1.82) is 10.7 Å². The molecule has 2 heterocycles. The van der Waals surface area contributed by atoms with Crippen molar-refractivity contribution in [2.24, 2.45) is 0 Å². The van der Waals surface area contributed by atoms with Gasteiger partial charge in [-0.1, -0.05) is 36.4 Å². The Morgan fingerprint density at radius 3 is 2.66 bits per heavy atom. The van der Waals surface area contributed by atoms with Crippen LogP contribution in [-0.4, -0.2) is 20.2 Å². The van der Waals surface area contributed by atoms with Crippen LogP contribution < -0.4 is 16.6 Å². The summed E-state index contributed by atoms with van der Waals surface area (Å²) < 4.78 is 1.69. The van der Waals surface area contributed by atoms with E-state index in [0.717, 1.165) is 22.2 Å². The molecule has 158 valence electrons. The normalized spacial score (nSPS) is 10.7. The quantitative estimate of drug-likeness (QED) is 0.421. The summed E-state index contributed by atoms with van der Waals surface area (Å²) in [5.41, 5.74) is 8.92. The van der Waals surface area contributed by atoms with Gasteiger partial charge in [0.2, 0.25) is 0 Å². The van der Waals surface area contributed by atoms with E-state index in [4.69, 9.17) is 16.4 Å². The number of nitriles is 1. The Kier molecular flexibility index (Phi) is 5.39. The second kappa shape index (κ2) is 8.32. The van der Waals surface area contributed by atoms with Crippen LogP contribution in [0.2, 0.25) is 0 Å². The second-order valence-corrected chi connectivity index (χ2v) is 7.42. The van der Waals surface area contributed by atoms with Gasteiger partial charge in [0.05, 0.1) is 23.2 Å². The lowest BCUT2D eigenvalue weighted by molar-refractivity contribution is 0.883. The smallest absolute Gasteiger partial charge is 0.263 e. The molecule has 2 aromatic carbocycles. The number of anilines is 2. The van der Waals surface area contributed by atoms with E-state index in [2.05, 4.69) is 15.3 Å². The number of nitrogen functional groups attached to an aromatic ring is 1. The van der Waals surface area contributed by atoms with Gasteiger partial charge in [-0.15, -0.1) is 0 Å². The lowest BCUT2D eigenvalue weighted by Crippen LogP contribution is -2.25. The third-order valence-corrected chi connectivity index (χ3v) is 5.36. The van der Waals surface area contributed by atoms with Gasteiger partial charge in [0.15, 0.2) is 0 Å². The fourth-order valence-corrected chi connectivity index (χ4v) is 3.81. The molecule has 4 rings (SSSR count). The number of benzene rings is 2. The Balaban J connectivity index is 1.89. The van der Waals surface area contributed by atoms with Crippen molar-refractivity contribution in [2.75, 3.05) is 11.1 Å². The molecule has 4 aromatic rings. The topological polar surface area (TPSA) is 133 Å². The van der Waals surface area contributed by atoms with E-state index >= 15 is 0 Å². The van der Waals surface area contributed by atoms with Crippen LogP contribution in [0, 0.1) is 30.6 Å². The average molecular weight is 423 g/mol. The zero-order valence-corrected chi connectivity index (χ0v) is 17.7. The average Bonchev–Trinajstić information content (AvgIpc) is 2.78. The minimum Gasteiger partial charge on any atom is -0.383 e. The van der Waals surface area contributed by atoms with Gasteiger partial charge in [-0.25, -0.2) is 9.97 Å². The number of nitrogens with two attached hydrogens (primary N) is 1. The molecule has 0 aliphatic rings. The maximum Gasteiger partial charge on any atom is 0.263 e. The zero-order valence-electron chi connectivity index (χ0n) is 17.7. The molecule has 0 atom stereocenters. The molecule has 0 bridgehead atoms. The summed E-state index contributed by atoms with van der Waals surface area (Å²) in [7, 11) is 0. The van der Waals surface area contributed by atoms with E-state index in [1.54, 1.807) is 10.6 Å². The van der Waals surface area contributed by atoms with Gasteiger partial charge in [-0.05, 0) is 42.5 Å². The summed E-state index contributed by atoms with van der Waals surface area (Å²) in [6, 6.07) is 17.2. The van der Waals surface area contributed by atoms with Gasteiger partial charge in [0.25, 0.3) is 5.56 Å². The number of rotatable bonds is 5. The first-order valence-electron chi connectivity index (χ1n) is 9.96. The van der Waals surface area contributed by atoms with Gasteiger partial charge in [0.1, 0.15) is 29.7 Å². The van der Waals surface area contributed by atoms with Crippen LogP contribution in [0.15, 0.2) is 59.7 Å². The highest BCUT2D eigenvalue weighted by atomic mass is 16.1. The molecule has 0 aliphatic heterocycles. The molecule has 0 saturated heterocycles. The monoisotopic (exact) mass is 423 g/mol. The molecule has 32 heavy (non-hydrogen) atoms. The Bertz CT molecular complexity index is 1460. The molecule has 0 spiro atoms. The molecule has 0 amide bonds. The number of para-hydroxylation sites is 1. The summed E-state index contributed by atoms with van der Waals surface area (Å²) in [4.78, 5) is 21.7. The number of fused-ring (bicyclic) bond motifs is 1. The molecule has 8 heteroatoms. The zero-order chi connectivity index (χ0) is 22.8. The summed E-state index contributed by atoms with van der Waals surface area (Å²) in [5, 5.41) is 21.7. The lowest BCUT2D eigenvalue weighted by Gasteiger charge is -2.18. The van der Waals surface area contributed by atoms with Crippen LogP contribution in [-0.2, 0) is 6.54 Å². The Morgan fingerprint density at radius 1 is 1.16 bits per heavy atom. The highest BCUT2D eigenvalue weighted by molar-refractivity contribution is 6.15. The van der Waals surface area contributed by atoms with E-state index in [-0.39, 0.29) is 35.0 Å². The number of pyridine rings is 1. The van der Waals surface area contributed by atoms with Crippen LogP contribution >= 0.6 is 0 Å². The van der Waals surface area contributed by atoms with E-state index < -0.39 is 0 Å². The molecule has 2 aromatic heterocycles. The van der Waals surface area contributed by atoms with Gasteiger partial charge < -0.3 is 11.1 Å². The van der Waals surface area contributed by atoms with Crippen LogP contribution in [0.4, 0.5) is 11.6 Å². The summed E-state index contributed by atoms with van der Waals surface area (Å²) in [5.74, 6) is 0.302. The first kappa shape index (κ1) is 20.8. The number of hydrogen-bond acceptors (Lipinski definition) is 7. The van der Waals surface area contributed by atoms with E-state index in [1.807, 2.05) is 62.4 Å². The number of aryl methyl sites for hydroxylation is 2. The molecule has 0 saturated carbocycles. The van der Waals surface area contributed by atoms with Crippen molar-refractivity contribution in [3.05, 3.63) is 87.6 Å². The number of aromatic nitrogens is 3. The fourth-order valence-electron chi connectivity index (χ4n) is 3.81. The SMILES string of the molecule is Cc1ccccc1-n1c(CNc2ncnc(N)c2C(=N)C#N)cc2cccc(C)c2c1=O. The van der Waals surface area contributed by atoms with E-state index in [0.29, 0.717) is 11.1 Å². The summed E-state index contributed by atoms with van der Waals surface area (Å²) in [6.45, 7) is 4.10. The second-order valence-electron chi connectivity index (χ2n) is 7.42. The van der Waals surface area contributed by atoms with Crippen LogP contribution in [0.25, 0.3) is 16.5 Å². The maximum absolute atomic E-state index is 13.6. The van der Waals surface area contributed by atoms with Crippen molar-refractivity contribution in [3.8, 4) is 11.8 Å². The lowest BCUT2D eigenvalue weighted by atomic mass is 10.1. The fraction of sp³-hybridized carbons (Fsp3) is 0.125. The van der Waals surface area contributed by atoms with Crippen LogP contribution in [0.5, 0.6) is 0 Å². The third kappa shape index (κ3) is 3.56. The number of hydrogen-bond donors (Lipinski definition) is 3. The highest BCUT2D eigenvalue weighted by Gasteiger charge is 2.17. The van der Waals surface area contributed by atoms with Gasteiger partial charge in [0, 0.05) is 5.69 Å². The molecule has 0 unspecified atom stereocenters. The van der Waals surface area contributed by atoms with Gasteiger partial charge in [-0.3, -0.25) is 14.8 Å². The molecule has 4 N–H and O–H groups in total. The van der Waals surface area contributed by atoms with Crippen LogP contribution in [0.3, 0.4) is 0 Å². The van der Waals surface area contributed by atoms with Crippen molar-refractivity contribution < 1.29 is 0 Å². The molecule has 0 aliphatic carbocycles. The predicted octanol–water partition coefficient (Wildman–Crippen LogP) is 3.48. The van der Waals surface area contributed by atoms with Crippen molar-refractivity contribution in [1.82, 2.24) is 14.5 Å². The predicted molar refractivity (Wildman–Crippen MR) is 125 cm³/mol. The van der Waals surface area contributed by atoms with E-state index in [1.165, 1.54) is 6.33 Å². The van der Waals surface area contributed by atoms with Gasteiger partial charge in [-0.2, -0.15) is 5.26 Å².